The summed E-state index contributed by atoms with van der Waals surface area (Å²) < 4.78 is 23.7. The van der Waals surface area contributed by atoms with E-state index in [1.807, 2.05) is 14.0 Å². The Bertz CT molecular complexity index is 1370. The number of ether oxygens (including phenoxy) is 1. The predicted octanol–water partition coefficient (Wildman–Crippen LogP) is 3.52. The van der Waals surface area contributed by atoms with Gasteiger partial charge in [0, 0.05) is 51.1 Å². The molecule has 1 aliphatic carbocycles. The van der Waals surface area contributed by atoms with Crippen molar-refractivity contribution in [2.24, 2.45) is 0 Å². The molecule has 1 aromatic carbocycles. The fourth-order valence-electron chi connectivity index (χ4n) is 6.41. The molecule has 1 saturated carbocycles. The number of likely N-dealkylation sites (N-methyl/N-ethyl adjacent to an activating group) is 1. The summed E-state index contributed by atoms with van der Waals surface area (Å²) in [5, 5.41) is 9.79. The average Bonchev–Trinajstić information content (AvgIpc) is 3.55. The first-order valence-corrected chi connectivity index (χ1v) is 16.9. The van der Waals surface area contributed by atoms with E-state index < -0.39 is 35.8 Å². The normalized spacial score (nSPS) is 18.6. The van der Waals surface area contributed by atoms with Crippen molar-refractivity contribution in [3.63, 3.8) is 0 Å². The topological polar surface area (TPSA) is 129 Å². The molecular formula is C34H50FN7O5. The monoisotopic (exact) mass is 655 g/mol. The van der Waals surface area contributed by atoms with Gasteiger partial charge in [-0.25, -0.2) is 9.07 Å². The van der Waals surface area contributed by atoms with E-state index >= 15 is 4.39 Å². The third-order valence-electron chi connectivity index (χ3n) is 9.34. The molecule has 0 unspecified atom stereocenters. The molecule has 1 aromatic heterocycles. The summed E-state index contributed by atoms with van der Waals surface area (Å²) in [5.41, 5.74) is 0.423. The molecule has 2 heterocycles. The van der Waals surface area contributed by atoms with Gasteiger partial charge in [-0.05, 0) is 51.4 Å². The fourth-order valence-corrected chi connectivity index (χ4v) is 6.41. The highest BCUT2D eigenvalue weighted by molar-refractivity contribution is 6.00. The van der Waals surface area contributed by atoms with E-state index in [0.717, 1.165) is 45.2 Å². The highest BCUT2D eigenvalue weighted by Gasteiger charge is 2.37. The Balaban J connectivity index is 1.57. The van der Waals surface area contributed by atoms with Crippen LogP contribution < -0.4 is 15.5 Å². The maximum Gasteiger partial charge on any atom is 0.250 e. The maximum absolute atomic E-state index is 15.7. The first-order valence-electron chi connectivity index (χ1n) is 16.9. The van der Waals surface area contributed by atoms with Gasteiger partial charge in [0.25, 0.3) is 0 Å². The van der Waals surface area contributed by atoms with Gasteiger partial charge in [-0.1, -0.05) is 39.2 Å². The zero-order valence-electron chi connectivity index (χ0n) is 28.3. The molecule has 1 aliphatic heterocycles. The molecule has 2 aliphatic rings. The standard InChI is InChI=1S/C34H50FN7O5/c1-6-29(44)38-31(34(46)40-19-17-39(5)18-20-40)23(3)25-13-14-28(27(35)21-25)37-33(45)32(24(4)47-26-11-9-8-10-12-26)41(22-43)30-15-16-36-42(30)7-2/h13-16,21-24,26,31-32H,6-12,17-20H2,1-5H3,(H,37,45)(H,38,44)/t23-,24+,31+,32-/m0/s1. The summed E-state index contributed by atoms with van der Waals surface area (Å²) in [7, 11) is 1.99. The van der Waals surface area contributed by atoms with E-state index in [1.54, 1.807) is 48.7 Å². The van der Waals surface area contributed by atoms with Crippen molar-refractivity contribution >= 4 is 35.6 Å². The van der Waals surface area contributed by atoms with Gasteiger partial charge >= 0.3 is 0 Å². The van der Waals surface area contributed by atoms with Crippen LogP contribution in [0.1, 0.15) is 77.7 Å². The Morgan fingerprint density at radius 3 is 2.40 bits per heavy atom. The van der Waals surface area contributed by atoms with Crippen molar-refractivity contribution in [2.45, 2.75) is 103 Å². The van der Waals surface area contributed by atoms with Gasteiger partial charge in [0.05, 0.1) is 24.1 Å². The molecule has 2 aromatic rings. The van der Waals surface area contributed by atoms with Crippen LogP contribution in [0.2, 0.25) is 0 Å². The third kappa shape index (κ3) is 8.95. The number of anilines is 2. The highest BCUT2D eigenvalue weighted by atomic mass is 19.1. The van der Waals surface area contributed by atoms with Crippen molar-refractivity contribution in [1.82, 2.24) is 24.9 Å². The molecule has 0 spiro atoms. The number of carbonyl (C=O) groups excluding carboxylic acids is 4. The second-order valence-electron chi connectivity index (χ2n) is 12.6. The van der Waals surface area contributed by atoms with Crippen LogP contribution >= 0.6 is 0 Å². The Morgan fingerprint density at radius 1 is 1.09 bits per heavy atom. The van der Waals surface area contributed by atoms with Crippen molar-refractivity contribution in [3.8, 4) is 0 Å². The molecule has 0 radical (unpaired) electrons. The summed E-state index contributed by atoms with van der Waals surface area (Å²) in [5.74, 6) is -1.91. The Hall–Kier alpha value is -3.84. The lowest BCUT2D eigenvalue weighted by Gasteiger charge is -2.36. The number of piperazine rings is 1. The van der Waals surface area contributed by atoms with Crippen molar-refractivity contribution in [3.05, 3.63) is 41.8 Å². The molecule has 1 saturated heterocycles. The van der Waals surface area contributed by atoms with E-state index in [-0.39, 0.29) is 30.0 Å². The van der Waals surface area contributed by atoms with Crippen molar-refractivity contribution in [1.29, 1.82) is 0 Å². The van der Waals surface area contributed by atoms with Gasteiger partial charge in [-0.15, -0.1) is 0 Å². The number of hydrogen-bond acceptors (Lipinski definition) is 7. The first kappa shape index (κ1) is 36.0. The smallest absolute Gasteiger partial charge is 0.250 e. The number of aryl methyl sites for hydroxylation is 1. The fraction of sp³-hybridized carbons (Fsp3) is 0.618. The number of aromatic nitrogens is 2. The van der Waals surface area contributed by atoms with Crippen LogP contribution in [0, 0.1) is 5.82 Å². The van der Waals surface area contributed by atoms with Crippen LogP contribution in [0.25, 0.3) is 0 Å². The Morgan fingerprint density at radius 2 is 1.79 bits per heavy atom. The van der Waals surface area contributed by atoms with E-state index in [2.05, 4.69) is 20.6 Å². The molecule has 4 rings (SSSR count). The molecule has 13 heteroatoms. The zero-order valence-corrected chi connectivity index (χ0v) is 28.3. The minimum atomic E-state index is -1.11. The van der Waals surface area contributed by atoms with Gasteiger partial charge in [0.2, 0.25) is 24.1 Å². The van der Waals surface area contributed by atoms with Gasteiger partial charge in [0.1, 0.15) is 23.7 Å². The maximum atomic E-state index is 15.7. The quantitative estimate of drug-likeness (QED) is 0.298. The minimum absolute atomic E-state index is 0.0363. The predicted molar refractivity (Wildman–Crippen MR) is 177 cm³/mol. The van der Waals surface area contributed by atoms with E-state index in [9.17, 15) is 19.2 Å². The second-order valence-corrected chi connectivity index (χ2v) is 12.6. The molecule has 0 bridgehead atoms. The lowest BCUT2D eigenvalue weighted by molar-refractivity contribution is -0.138. The largest absolute Gasteiger partial charge is 0.373 e. The average molecular weight is 656 g/mol. The van der Waals surface area contributed by atoms with Crippen LogP contribution in [-0.2, 0) is 30.5 Å². The van der Waals surface area contributed by atoms with Crippen LogP contribution in [0.15, 0.2) is 30.5 Å². The van der Waals surface area contributed by atoms with Crippen LogP contribution in [0.4, 0.5) is 15.9 Å². The SMILES string of the molecule is CCC(=O)N[C@@H](C(=O)N1CCN(C)CC1)[C@@H](C)c1ccc(NC(=O)[C@H]([C@@H](C)OC2CCCCC2)N(C=O)c2ccnn2CC)c(F)c1. The van der Waals surface area contributed by atoms with Crippen LogP contribution in [0.5, 0.6) is 0 Å². The number of nitrogens with one attached hydrogen (secondary N) is 2. The second kappa shape index (κ2) is 16.8. The molecule has 4 atom stereocenters. The summed E-state index contributed by atoms with van der Waals surface area (Å²) in [6.45, 7) is 10.1. The number of carbonyl (C=O) groups is 4. The number of nitrogens with zero attached hydrogens (tertiary/aromatic N) is 5. The minimum Gasteiger partial charge on any atom is -0.373 e. The molecular weight excluding hydrogens is 605 g/mol. The van der Waals surface area contributed by atoms with Crippen molar-refractivity contribution in [2.75, 3.05) is 43.4 Å². The van der Waals surface area contributed by atoms with Crippen LogP contribution in [0.3, 0.4) is 0 Å². The third-order valence-corrected chi connectivity index (χ3v) is 9.34. The highest BCUT2D eigenvalue weighted by Crippen LogP contribution is 2.28. The summed E-state index contributed by atoms with van der Waals surface area (Å²) >= 11 is 0. The summed E-state index contributed by atoms with van der Waals surface area (Å²) in [6, 6.07) is 4.04. The molecule has 2 N–H and O–H groups in total. The zero-order chi connectivity index (χ0) is 34.1. The van der Waals surface area contributed by atoms with Gasteiger partial charge in [-0.3, -0.25) is 24.1 Å². The van der Waals surface area contributed by atoms with Gasteiger partial charge in [-0.2, -0.15) is 5.10 Å². The van der Waals surface area contributed by atoms with E-state index in [0.29, 0.717) is 37.4 Å². The molecule has 47 heavy (non-hydrogen) atoms. The lowest BCUT2D eigenvalue weighted by Crippen LogP contribution is -2.55. The number of amides is 4. The molecule has 12 nitrogen and oxygen atoms in total. The molecule has 2 fully saturated rings. The van der Waals surface area contributed by atoms with Crippen molar-refractivity contribution < 1.29 is 28.3 Å². The van der Waals surface area contributed by atoms with Gasteiger partial charge in [0.15, 0.2) is 0 Å². The number of rotatable bonds is 14. The molecule has 258 valence electrons. The van der Waals surface area contributed by atoms with E-state index in [4.69, 9.17) is 4.74 Å². The lowest BCUT2D eigenvalue weighted by atomic mass is 9.91. The Labute approximate surface area is 277 Å². The van der Waals surface area contributed by atoms with E-state index in [1.165, 1.54) is 17.0 Å². The molecule has 4 amide bonds. The Kier molecular flexibility index (Phi) is 12.9. The number of halogens is 1. The summed E-state index contributed by atoms with van der Waals surface area (Å²) in [4.78, 5) is 57.6. The summed E-state index contributed by atoms with van der Waals surface area (Å²) in [6.07, 6.45) is 6.56. The first-order chi connectivity index (χ1) is 22.6. The van der Waals surface area contributed by atoms with Gasteiger partial charge < -0.3 is 25.2 Å². The van der Waals surface area contributed by atoms with Crippen LogP contribution in [-0.4, -0.2) is 101 Å². The number of benzene rings is 1. The number of hydrogen-bond donors (Lipinski definition) is 2.